The van der Waals surface area contributed by atoms with Gasteiger partial charge in [0, 0.05) is 47.1 Å². The molecular weight excluding hydrogens is 392 g/mol. The Labute approximate surface area is 179 Å². The molecule has 4 heterocycles. The lowest BCUT2D eigenvalue weighted by Gasteiger charge is -2.10. The Morgan fingerprint density at radius 3 is 2.61 bits per heavy atom. The average Bonchev–Trinajstić information content (AvgIpc) is 3.54. The quantitative estimate of drug-likeness (QED) is 0.440. The Morgan fingerprint density at radius 2 is 1.94 bits per heavy atom. The lowest BCUT2D eigenvalue weighted by Crippen LogP contribution is -2.25. The molecule has 0 atom stereocenters. The molecule has 1 aliphatic heterocycles. The zero-order chi connectivity index (χ0) is 21.8. The van der Waals surface area contributed by atoms with Gasteiger partial charge in [-0.15, -0.1) is 10.2 Å². The number of carbonyl (C=O) groups is 1. The van der Waals surface area contributed by atoms with Gasteiger partial charge in [0.1, 0.15) is 5.75 Å². The van der Waals surface area contributed by atoms with Crippen LogP contribution in [0.3, 0.4) is 0 Å². The summed E-state index contributed by atoms with van der Waals surface area (Å²) in [5.41, 5.74) is 5.01. The second kappa shape index (κ2) is 8.83. The molecule has 1 aliphatic rings. The molecule has 1 aromatic carbocycles. The first-order valence-electron chi connectivity index (χ1n) is 10.1. The number of aryl methyl sites for hydroxylation is 1. The summed E-state index contributed by atoms with van der Waals surface area (Å²) in [4.78, 5) is 15.8. The summed E-state index contributed by atoms with van der Waals surface area (Å²) in [6.45, 7) is 7.23. The average molecular weight is 416 g/mol. The van der Waals surface area contributed by atoms with Crippen LogP contribution in [-0.4, -0.2) is 54.4 Å². The molecule has 8 heteroatoms. The van der Waals surface area contributed by atoms with Crippen LogP contribution >= 0.6 is 0 Å². The van der Waals surface area contributed by atoms with Gasteiger partial charge in [0.15, 0.2) is 5.65 Å². The predicted molar refractivity (Wildman–Crippen MR) is 119 cm³/mol. The highest BCUT2D eigenvalue weighted by molar-refractivity contribution is 5.95. The van der Waals surface area contributed by atoms with E-state index in [9.17, 15) is 9.90 Å². The van der Waals surface area contributed by atoms with Crippen LogP contribution in [0.2, 0.25) is 0 Å². The number of H-pyrrole nitrogens is 2. The molecule has 5 rings (SSSR count). The molecular formula is C23H24N6O2. The molecule has 3 aromatic heterocycles. The first-order valence-corrected chi connectivity index (χ1v) is 10.1. The van der Waals surface area contributed by atoms with Crippen molar-refractivity contribution in [3.05, 3.63) is 61.1 Å². The number of carbonyl (C=O) groups excluding carboxylic acids is 1. The van der Waals surface area contributed by atoms with Crippen molar-refractivity contribution in [1.82, 2.24) is 30.3 Å². The Kier molecular flexibility index (Phi) is 5.79. The molecule has 0 unspecified atom stereocenters. The van der Waals surface area contributed by atoms with Crippen molar-refractivity contribution < 1.29 is 9.90 Å². The van der Waals surface area contributed by atoms with Crippen molar-refractivity contribution in [3.8, 4) is 28.1 Å². The standard InChI is InChI=1S/C16H13N5O.C7H11NO/c1-9-12(8-18-19-9)13-7-17-16-11(13)6-14(20-21-16)10-4-2-3-5-15(10)22;1-2-7(9)8-5-3-4-6-8/h2-8,22H,1H3,(H,17,21)(H,18,19);2H,1,3-6H2. The maximum absolute atomic E-state index is 10.8. The van der Waals surface area contributed by atoms with Crippen LogP contribution in [0.15, 0.2) is 55.4 Å². The van der Waals surface area contributed by atoms with Gasteiger partial charge in [0.05, 0.1) is 11.9 Å². The number of likely N-dealkylation sites (tertiary alicyclic amines) is 1. The second-order valence-corrected chi connectivity index (χ2v) is 7.36. The van der Waals surface area contributed by atoms with E-state index in [1.807, 2.05) is 36.2 Å². The number of para-hydroxylation sites is 1. The number of phenols is 1. The summed E-state index contributed by atoms with van der Waals surface area (Å²) in [6, 6.07) is 9.02. The number of aromatic amines is 2. The molecule has 0 aliphatic carbocycles. The number of hydrogen-bond donors (Lipinski definition) is 3. The van der Waals surface area contributed by atoms with E-state index in [-0.39, 0.29) is 11.7 Å². The highest BCUT2D eigenvalue weighted by Crippen LogP contribution is 2.33. The van der Waals surface area contributed by atoms with Crippen molar-refractivity contribution >= 4 is 16.9 Å². The fraction of sp³-hybridized carbons (Fsp3) is 0.217. The van der Waals surface area contributed by atoms with Gasteiger partial charge in [0.25, 0.3) is 0 Å². The smallest absolute Gasteiger partial charge is 0.245 e. The summed E-state index contributed by atoms with van der Waals surface area (Å²) in [5.74, 6) is 0.264. The Balaban J connectivity index is 0.000000217. The van der Waals surface area contributed by atoms with E-state index < -0.39 is 0 Å². The molecule has 0 bridgehead atoms. The van der Waals surface area contributed by atoms with Gasteiger partial charge >= 0.3 is 0 Å². The zero-order valence-electron chi connectivity index (χ0n) is 17.3. The monoisotopic (exact) mass is 416 g/mol. The predicted octanol–water partition coefficient (Wildman–Crippen LogP) is 3.82. The maximum atomic E-state index is 10.8. The highest BCUT2D eigenvalue weighted by Gasteiger charge is 2.15. The number of nitrogens with zero attached hydrogens (tertiary/aromatic N) is 4. The topological polar surface area (TPSA) is 111 Å². The zero-order valence-corrected chi connectivity index (χ0v) is 17.3. The highest BCUT2D eigenvalue weighted by atomic mass is 16.3. The Bertz CT molecular complexity index is 1220. The summed E-state index contributed by atoms with van der Waals surface area (Å²) < 4.78 is 0. The maximum Gasteiger partial charge on any atom is 0.245 e. The lowest BCUT2D eigenvalue weighted by molar-refractivity contribution is -0.124. The van der Waals surface area contributed by atoms with E-state index >= 15 is 0 Å². The molecule has 0 saturated carbocycles. The SMILES string of the molecule is C=CC(=O)N1CCCC1.Cc1[nH]ncc1-c1c[nH]c2nnc(-c3ccccc3O)cc12. The first-order chi connectivity index (χ1) is 15.1. The van der Waals surface area contributed by atoms with Crippen LogP contribution in [0, 0.1) is 6.92 Å². The van der Waals surface area contributed by atoms with Crippen LogP contribution in [0.1, 0.15) is 18.5 Å². The fourth-order valence-corrected chi connectivity index (χ4v) is 3.66. The molecule has 158 valence electrons. The summed E-state index contributed by atoms with van der Waals surface area (Å²) in [7, 11) is 0. The van der Waals surface area contributed by atoms with Crippen molar-refractivity contribution in [2.24, 2.45) is 0 Å². The van der Waals surface area contributed by atoms with Crippen molar-refractivity contribution in [1.29, 1.82) is 0 Å². The molecule has 31 heavy (non-hydrogen) atoms. The van der Waals surface area contributed by atoms with E-state index in [1.54, 1.807) is 18.3 Å². The normalized spacial score (nSPS) is 13.1. The van der Waals surface area contributed by atoms with Crippen molar-refractivity contribution in [3.63, 3.8) is 0 Å². The number of phenolic OH excluding ortho intramolecular Hbond substituents is 1. The van der Waals surface area contributed by atoms with E-state index in [0.717, 1.165) is 48.1 Å². The van der Waals surface area contributed by atoms with Crippen LogP contribution in [0.25, 0.3) is 33.4 Å². The summed E-state index contributed by atoms with van der Waals surface area (Å²) >= 11 is 0. The minimum Gasteiger partial charge on any atom is -0.507 e. The number of hydrogen-bond acceptors (Lipinski definition) is 5. The molecule has 1 fully saturated rings. The van der Waals surface area contributed by atoms with Gasteiger partial charge < -0.3 is 15.0 Å². The van der Waals surface area contributed by atoms with E-state index in [4.69, 9.17) is 0 Å². The van der Waals surface area contributed by atoms with Crippen molar-refractivity contribution in [2.75, 3.05) is 13.1 Å². The second-order valence-electron chi connectivity index (χ2n) is 7.36. The minimum atomic E-state index is 0.0764. The van der Waals surface area contributed by atoms with Gasteiger partial charge in [-0.05, 0) is 44.0 Å². The third-order valence-corrected chi connectivity index (χ3v) is 5.33. The number of aromatic hydroxyl groups is 1. The summed E-state index contributed by atoms with van der Waals surface area (Å²) in [5, 5.41) is 26.3. The van der Waals surface area contributed by atoms with Crippen LogP contribution in [0.4, 0.5) is 0 Å². The van der Waals surface area contributed by atoms with Gasteiger partial charge in [-0.1, -0.05) is 18.7 Å². The molecule has 1 amide bonds. The van der Waals surface area contributed by atoms with Crippen LogP contribution < -0.4 is 0 Å². The number of amides is 1. The van der Waals surface area contributed by atoms with Gasteiger partial charge in [0.2, 0.25) is 5.91 Å². The Hall–Kier alpha value is -3.94. The third-order valence-electron chi connectivity index (χ3n) is 5.33. The van der Waals surface area contributed by atoms with Gasteiger partial charge in [-0.2, -0.15) is 5.10 Å². The number of nitrogens with one attached hydrogen (secondary N) is 2. The molecule has 3 N–H and O–H groups in total. The number of aromatic nitrogens is 5. The van der Waals surface area contributed by atoms with E-state index in [2.05, 4.69) is 32.0 Å². The first kappa shape index (κ1) is 20.3. The molecule has 0 radical (unpaired) electrons. The minimum absolute atomic E-state index is 0.0764. The molecule has 1 saturated heterocycles. The molecule has 4 aromatic rings. The lowest BCUT2D eigenvalue weighted by atomic mass is 10.1. The largest absolute Gasteiger partial charge is 0.507 e. The fourth-order valence-electron chi connectivity index (χ4n) is 3.66. The van der Waals surface area contributed by atoms with E-state index in [0.29, 0.717) is 16.9 Å². The third kappa shape index (κ3) is 4.18. The van der Waals surface area contributed by atoms with Crippen LogP contribution in [0.5, 0.6) is 5.75 Å². The number of fused-ring (bicyclic) bond motifs is 1. The molecule has 0 spiro atoms. The van der Waals surface area contributed by atoms with E-state index in [1.165, 1.54) is 6.08 Å². The number of rotatable bonds is 3. The van der Waals surface area contributed by atoms with Gasteiger partial charge in [-0.3, -0.25) is 9.89 Å². The Morgan fingerprint density at radius 1 is 1.16 bits per heavy atom. The summed E-state index contributed by atoms with van der Waals surface area (Å²) in [6.07, 6.45) is 7.37. The van der Waals surface area contributed by atoms with Crippen molar-refractivity contribution in [2.45, 2.75) is 19.8 Å². The van der Waals surface area contributed by atoms with Crippen LogP contribution in [-0.2, 0) is 4.79 Å². The number of benzene rings is 1. The van der Waals surface area contributed by atoms with Gasteiger partial charge in [-0.25, -0.2) is 0 Å². The molecule has 8 nitrogen and oxygen atoms in total.